The fourth-order valence-corrected chi connectivity index (χ4v) is 5.80. The second-order valence-corrected chi connectivity index (χ2v) is 9.76. The van der Waals surface area contributed by atoms with E-state index in [4.69, 9.17) is 0 Å². The molecule has 1 atom stereocenters. The van der Waals surface area contributed by atoms with E-state index in [1.165, 1.54) is 51.4 Å². The molecule has 1 rings (SSSR count). The first-order valence-electron chi connectivity index (χ1n) is 10.3. The minimum atomic E-state index is -0.0800. The van der Waals surface area contributed by atoms with Crippen molar-refractivity contribution in [2.45, 2.75) is 110 Å². The molecule has 0 N–H and O–H groups in total. The first kappa shape index (κ1) is 28.1. The topological polar surface area (TPSA) is 43.4 Å². The normalized spacial score (nSPS) is 18.2. The van der Waals surface area contributed by atoms with Crippen molar-refractivity contribution >= 4 is 33.3 Å². The Labute approximate surface area is 170 Å². The maximum atomic E-state index is 10.9. The largest absolute Gasteiger partial charge is 0.469 e. The van der Waals surface area contributed by atoms with Gasteiger partial charge in [0.1, 0.15) is 5.78 Å². The molecule has 0 aromatic carbocycles. The smallest absolute Gasteiger partial charge is 0.305 e. The summed E-state index contributed by atoms with van der Waals surface area (Å²) in [4.78, 5) is 21.3. The molecule has 0 aliphatic carbocycles. The minimum Gasteiger partial charge on any atom is -0.469 e. The van der Waals surface area contributed by atoms with Gasteiger partial charge in [-0.05, 0) is 39.5 Å². The Balaban J connectivity index is 0. The third-order valence-corrected chi connectivity index (χ3v) is 7.53. The number of esters is 1. The van der Waals surface area contributed by atoms with Gasteiger partial charge in [0.25, 0.3) is 0 Å². The predicted molar refractivity (Wildman–Crippen MR) is 119 cm³/mol. The van der Waals surface area contributed by atoms with Crippen molar-refractivity contribution in [1.82, 2.24) is 0 Å². The molecule has 0 unspecified atom stereocenters. The Bertz CT molecular complexity index is 340. The average molecular weight is 407 g/mol. The maximum Gasteiger partial charge on any atom is 0.305 e. The zero-order chi connectivity index (χ0) is 20.3. The van der Waals surface area contributed by atoms with E-state index in [2.05, 4.69) is 18.6 Å². The molecule has 0 spiro atoms. The Morgan fingerprint density at radius 2 is 1.62 bits per heavy atom. The lowest BCUT2D eigenvalue weighted by Gasteiger charge is -2.20. The Morgan fingerprint density at radius 3 is 2.12 bits per heavy atom. The molecular formula is C21H42O3S2. The first-order chi connectivity index (χ1) is 12.4. The molecule has 1 saturated heterocycles. The summed E-state index contributed by atoms with van der Waals surface area (Å²) >= 11 is 0. The summed E-state index contributed by atoms with van der Waals surface area (Å²) in [6.07, 6.45) is 12.2. The lowest BCUT2D eigenvalue weighted by molar-refractivity contribution is -0.140. The van der Waals surface area contributed by atoms with Gasteiger partial charge in [0.05, 0.1) is 7.11 Å². The number of methoxy groups -OCH3 is 1. The predicted octanol–water partition coefficient (Wildman–Crippen LogP) is 7.23. The van der Waals surface area contributed by atoms with Gasteiger partial charge in [-0.25, -0.2) is 0 Å². The van der Waals surface area contributed by atoms with Crippen LogP contribution in [0.2, 0.25) is 0 Å². The van der Waals surface area contributed by atoms with Gasteiger partial charge in [-0.15, -0.1) is 0 Å². The molecule has 0 aromatic heterocycles. The van der Waals surface area contributed by atoms with Crippen LogP contribution in [0, 0.1) is 0 Å². The van der Waals surface area contributed by atoms with Gasteiger partial charge >= 0.3 is 5.97 Å². The number of Topliss-reactive ketones (excluding diaryl/α,β-unsaturated/α-hetero) is 1. The van der Waals surface area contributed by atoms with Gasteiger partial charge in [0.2, 0.25) is 0 Å². The monoisotopic (exact) mass is 406 g/mol. The van der Waals surface area contributed by atoms with Crippen LogP contribution in [0.1, 0.15) is 105 Å². The van der Waals surface area contributed by atoms with Gasteiger partial charge in [0.15, 0.2) is 0 Å². The van der Waals surface area contributed by atoms with E-state index < -0.39 is 0 Å². The molecule has 0 amide bonds. The highest BCUT2D eigenvalue weighted by Crippen LogP contribution is 2.49. The van der Waals surface area contributed by atoms with Crippen molar-refractivity contribution in [3.05, 3.63) is 0 Å². The quantitative estimate of drug-likeness (QED) is 0.206. The Kier molecular flexibility index (Phi) is 21.1. The standard InChI is InChI=1S/C10H18O2S2.C9H18O.C2H6/c1-10(7-8-13-14-10)6-4-3-5-9(11)12-2;1-3-4-5-6-7-8-9(2)10;1-2/h3-8H2,1-2H3;3-8H2,1-2H3;1-2H3/t10-;;/m1../s1. The fourth-order valence-electron chi connectivity index (χ4n) is 2.50. The highest BCUT2D eigenvalue weighted by Gasteiger charge is 2.29. The van der Waals surface area contributed by atoms with Crippen molar-refractivity contribution in [3.8, 4) is 0 Å². The summed E-state index contributed by atoms with van der Waals surface area (Å²) in [6.45, 7) is 10.2. The molecule has 0 saturated carbocycles. The number of rotatable bonds is 11. The van der Waals surface area contributed by atoms with Crippen LogP contribution in [0.4, 0.5) is 0 Å². The highest BCUT2D eigenvalue weighted by atomic mass is 33.1. The summed E-state index contributed by atoms with van der Waals surface area (Å²) in [5.41, 5.74) is 0. The number of hydrogen-bond acceptors (Lipinski definition) is 5. The van der Waals surface area contributed by atoms with Crippen molar-refractivity contribution < 1.29 is 14.3 Å². The molecule has 1 fully saturated rings. The third kappa shape index (κ3) is 18.6. The van der Waals surface area contributed by atoms with Crippen molar-refractivity contribution in [1.29, 1.82) is 0 Å². The van der Waals surface area contributed by atoms with Crippen LogP contribution >= 0.6 is 21.6 Å². The van der Waals surface area contributed by atoms with E-state index in [1.807, 2.05) is 35.4 Å². The fraction of sp³-hybridized carbons (Fsp3) is 0.905. The Hall–Kier alpha value is -0.160. The molecule has 0 aromatic rings. The van der Waals surface area contributed by atoms with Crippen molar-refractivity contribution in [3.63, 3.8) is 0 Å². The van der Waals surface area contributed by atoms with Crippen molar-refractivity contribution in [2.24, 2.45) is 0 Å². The molecular weight excluding hydrogens is 364 g/mol. The van der Waals surface area contributed by atoms with E-state index in [0.717, 1.165) is 25.7 Å². The molecule has 1 aliphatic heterocycles. The van der Waals surface area contributed by atoms with Gasteiger partial charge in [-0.3, -0.25) is 4.79 Å². The summed E-state index contributed by atoms with van der Waals surface area (Å²) < 4.78 is 5.06. The number of unbranched alkanes of at least 4 members (excludes halogenated alkanes) is 5. The maximum absolute atomic E-state index is 10.9. The van der Waals surface area contributed by atoms with Crippen LogP contribution in [0.5, 0.6) is 0 Å². The zero-order valence-electron chi connectivity index (χ0n) is 18.0. The number of ether oxygens (including phenoxy) is 1. The van der Waals surface area contributed by atoms with E-state index in [-0.39, 0.29) is 5.97 Å². The summed E-state index contributed by atoms with van der Waals surface area (Å²) in [6, 6.07) is 0. The lowest BCUT2D eigenvalue weighted by atomic mass is 9.99. The first-order valence-corrected chi connectivity index (χ1v) is 12.6. The molecule has 1 aliphatic rings. The number of ketones is 1. The second-order valence-electron chi connectivity index (χ2n) is 6.75. The molecule has 3 nitrogen and oxygen atoms in total. The highest BCUT2D eigenvalue weighted by molar-refractivity contribution is 8.77. The summed E-state index contributed by atoms with van der Waals surface area (Å²) in [5.74, 6) is 1.53. The van der Waals surface area contributed by atoms with Crippen molar-refractivity contribution in [2.75, 3.05) is 12.9 Å². The van der Waals surface area contributed by atoms with E-state index >= 15 is 0 Å². The van der Waals surface area contributed by atoms with Crippen LogP contribution in [-0.2, 0) is 14.3 Å². The average Bonchev–Trinajstić information content (AvgIpc) is 3.07. The summed E-state index contributed by atoms with van der Waals surface area (Å²) in [7, 11) is 5.44. The van der Waals surface area contributed by atoms with E-state index in [9.17, 15) is 9.59 Å². The molecule has 26 heavy (non-hydrogen) atoms. The molecule has 0 bridgehead atoms. The third-order valence-electron chi connectivity index (χ3n) is 4.17. The molecule has 156 valence electrons. The van der Waals surface area contributed by atoms with E-state index in [0.29, 0.717) is 17.0 Å². The van der Waals surface area contributed by atoms with Crippen LogP contribution < -0.4 is 0 Å². The Morgan fingerprint density at radius 1 is 1.00 bits per heavy atom. The van der Waals surface area contributed by atoms with Crippen LogP contribution in [0.25, 0.3) is 0 Å². The van der Waals surface area contributed by atoms with Gasteiger partial charge < -0.3 is 9.53 Å². The van der Waals surface area contributed by atoms with Crippen LogP contribution in [0.15, 0.2) is 0 Å². The zero-order valence-corrected chi connectivity index (χ0v) is 19.7. The SMILES string of the molecule is CC.CCCCCCCC(C)=O.COC(=O)CCCC[C@]1(C)CCSS1. The molecule has 0 radical (unpaired) electrons. The summed E-state index contributed by atoms with van der Waals surface area (Å²) in [5, 5.41) is 0. The minimum absolute atomic E-state index is 0.0800. The van der Waals surface area contributed by atoms with Crippen LogP contribution in [-0.4, -0.2) is 29.4 Å². The van der Waals surface area contributed by atoms with Gasteiger partial charge in [-0.2, -0.15) is 0 Å². The van der Waals surface area contributed by atoms with Crippen LogP contribution in [0.3, 0.4) is 0 Å². The second kappa shape index (κ2) is 19.6. The van der Waals surface area contributed by atoms with E-state index in [1.54, 1.807) is 6.92 Å². The lowest BCUT2D eigenvalue weighted by Crippen LogP contribution is -2.15. The van der Waals surface area contributed by atoms with Gasteiger partial charge in [0, 0.05) is 23.3 Å². The molecule has 5 heteroatoms. The molecule has 1 heterocycles. The number of carbonyl (C=O) groups excluding carboxylic acids is 2. The number of hydrogen-bond donors (Lipinski definition) is 0. The van der Waals surface area contributed by atoms with Gasteiger partial charge in [-0.1, -0.05) is 74.5 Å². The number of carbonyl (C=O) groups is 2.